The molecule has 4 heteroatoms. The van der Waals surface area contributed by atoms with Crippen LogP contribution < -0.4 is 5.32 Å². The summed E-state index contributed by atoms with van der Waals surface area (Å²) in [5.74, 6) is 1.22. The molecule has 0 heterocycles. The van der Waals surface area contributed by atoms with Crippen LogP contribution in [0.1, 0.15) is 26.7 Å². The van der Waals surface area contributed by atoms with E-state index in [1.165, 1.54) is 12.2 Å². The number of nitrogens with one attached hydrogen (secondary N) is 1. The molecule has 0 aromatic carbocycles. The molecule has 2 atom stereocenters. The van der Waals surface area contributed by atoms with Crippen molar-refractivity contribution in [3.8, 4) is 0 Å². The van der Waals surface area contributed by atoms with E-state index in [-0.39, 0.29) is 0 Å². The van der Waals surface area contributed by atoms with Gasteiger partial charge in [-0.2, -0.15) is 11.8 Å². The van der Waals surface area contributed by atoms with Gasteiger partial charge in [-0.3, -0.25) is 4.90 Å². The zero-order valence-corrected chi connectivity index (χ0v) is 13.0. The van der Waals surface area contributed by atoms with Crippen molar-refractivity contribution < 1.29 is 4.74 Å². The van der Waals surface area contributed by atoms with Crippen molar-refractivity contribution in [3.05, 3.63) is 0 Å². The van der Waals surface area contributed by atoms with E-state index in [4.69, 9.17) is 4.74 Å². The van der Waals surface area contributed by atoms with Crippen LogP contribution in [0.25, 0.3) is 0 Å². The Morgan fingerprint density at radius 2 is 2.12 bits per heavy atom. The normalized spacial score (nSPS) is 15.2. The van der Waals surface area contributed by atoms with Gasteiger partial charge in [-0.25, -0.2) is 0 Å². The van der Waals surface area contributed by atoms with E-state index in [2.05, 4.69) is 37.4 Å². The van der Waals surface area contributed by atoms with Gasteiger partial charge in [0.2, 0.25) is 0 Å². The SMILES string of the molecule is CCC(CSC)N(C)C(C)CNCCCOC. The van der Waals surface area contributed by atoms with Gasteiger partial charge in [-0.15, -0.1) is 0 Å². The molecule has 0 aliphatic heterocycles. The maximum absolute atomic E-state index is 5.03. The summed E-state index contributed by atoms with van der Waals surface area (Å²) in [5, 5.41) is 3.49. The molecular formula is C13H30N2OS. The van der Waals surface area contributed by atoms with Gasteiger partial charge in [0.25, 0.3) is 0 Å². The van der Waals surface area contributed by atoms with E-state index >= 15 is 0 Å². The van der Waals surface area contributed by atoms with E-state index in [1.54, 1.807) is 7.11 Å². The number of hydrogen-bond acceptors (Lipinski definition) is 4. The zero-order chi connectivity index (χ0) is 13.1. The van der Waals surface area contributed by atoms with E-state index in [9.17, 15) is 0 Å². The molecule has 2 unspecified atom stereocenters. The molecule has 0 bridgehead atoms. The minimum atomic E-state index is 0.592. The minimum Gasteiger partial charge on any atom is -0.385 e. The van der Waals surface area contributed by atoms with Crippen LogP contribution in [0.5, 0.6) is 0 Å². The molecule has 1 N–H and O–H groups in total. The van der Waals surface area contributed by atoms with Crippen LogP contribution in [0.3, 0.4) is 0 Å². The molecule has 0 radical (unpaired) electrons. The van der Waals surface area contributed by atoms with Crippen LogP contribution in [0.15, 0.2) is 0 Å². The molecule has 0 rings (SSSR count). The average Bonchev–Trinajstić information content (AvgIpc) is 2.34. The first-order chi connectivity index (χ1) is 8.17. The van der Waals surface area contributed by atoms with Crippen LogP contribution in [0.4, 0.5) is 0 Å². The molecule has 0 amide bonds. The summed E-state index contributed by atoms with van der Waals surface area (Å²) in [6.07, 6.45) is 4.50. The monoisotopic (exact) mass is 262 g/mol. The van der Waals surface area contributed by atoms with Crippen molar-refractivity contribution in [2.75, 3.05) is 45.9 Å². The van der Waals surface area contributed by atoms with Gasteiger partial charge in [0, 0.05) is 38.1 Å². The first-order valence-electron chi connectivity index (χ1n) is 6.57. The molecular weight excluding hydrogens is 232 g/mol. The van der Waals surface area contributed by atoms with E-state index in [1.807, 2.05) is 11.8 Å². The third-order valence-corrected chi connectivity index (χ3v) is 3.96. The Hall–Kier alpha value is 0.230. The molecule has 0 aliphatic carbocycles. The van der Waals surface area contributed by atoms with Crippen molar-refractivity contribution in [3.63, 3.8) is 0 Å². The van der Waals surface area contributed by atoms with E-state index in [0.717, 1.165) is 26.1 Å². The second-order valence-corrected chi connectivity index (χ2v) is 5.49. The highest BCUT2D eigenvalue weighted by Gasteiger charge is 2.17. The second kappa shape index (κ2) is 11.3. The molecule has 104 valence electrons. The summed E-state index contributed by atoms with van der Waals surface area (Å²) in [6.45, 7) is 7.53. The number of hydrogen-bond donors (Lipinski definition) is 1. The molecule has 0 fully saturated rings. The van der Waals surface area contributed by atoms with E-state index in [0.29, 0.717) is 12.1 Å². The van der Waals surface area contributed by atoms with Gasteiger partial charge in [-0.1, -0.05) is 6.92 Å². The molecule has 0 saturated carbocycles. The number of likely N-dealkylation sites (N-methyl/N-ethyl adjacent to an activating group) is 1. The standard InChI is InChI=1S/C13H30N2OS/c1-6-13(11-17-5)15(3)12(2)10-14-8-7-9-16-4/h12-14H,6-11H2,1-5H3. The number of ether oxygens (including phenoxy) is 1. The van der Waals surface area contributed by atoms with Gasteiger partial charge in [0.05, 0.1) is 0 Å². The summed E-state index contributed by atoms with van der Waals surface area (Å²) in [4.78, 5) is 2.50. The minimum absolute atomic E-state index is 0.592. The van der Waals surface area contributed by atoms with Gasteiger partial charge in [0.15, 0.2) is 0 Å². The van der Waals surface area contributed by atoms with Crippen LogP contribution >= 0.6 is 11.8 Å². The molecule has 0 aromatic heterocycles. The van der Waals surface area contributed by atoms with Crippen LogP contribution in [-0.2, 0) is 4.74 Å². The molecule has 17 heavy (non-hydrogen) atoms. The third-order valence-electron chi connectivity index (χ3n) is 3.24. The van der Waals surface area contributed by atoms with Gasteiger partial charge >= 0.3 is 0 Å². The summed E-state index contributed by atoms with van der Waals surface area (Å²) >= 11 is 1.94. The molecule has 3 nitrogen and oxygen atoms in total. The van der Waals surface area contributed by atoms with Crippen molar-refractivity contribution in [1.82, 2.24) is 10.2 Å². The lowest BCUT2D eigenvalue weighted by Gasteiger charge is -2.32. The summed E-state index contributed by atoms with van der Waals surface area (Å²) in [6, 6.07) is 1.29. The summed E-state index contributed by atoms with van der Waals surface area (Å²) < 4.78 is 5.03. The Kier molecular flexibility index (Phi) is 11.5. The summed E-state index contributed by atoms with van der Waals surface area (Å²) in [7, 11) is 4.00. The Balaban J connectivity index is 3.74. The van der Waals surface area contributed by atoms with Gasteiger partial charge < -0.3 is 10.1 Å². The number of thioether (sulfide) groups is 1. The number of nitrogens with zero attached hydrogens (tertiary/aromatic N) is 1. The van der Waals surface area contributed by atoms with E-state index < -0.39 is 0 Å². The van der Waals surface area contributed by atoms with Crippen molar-refractivity contribution in [2.45, 2.75) is 38.8 Å². The highest BCUT2D eigenvalue weighted by molar-refractivity contribution is 7.98. The smallest absolute Gasteiger partial charge is 0.0474 e. The summed E-state index contributed by atoms with van der Waals surface area (Å²) in [5.41, 5.74) is 0. The number of rotatable bonds is 11. The maximum atomic E-state index is 5.03. The lowest BCUT2D eigenvalue weighted by atomic mass is 10.2. The van der Waals surface area contributed by atoms with Crippen LogP contribution in [0.2, 0.25) is 0 Å². The fourth-order valence-electron chi connectivity index (χ4n) is 1.87. The van der Waals surface area contributed by atoms with Crippen LogP contribution in [-0.4, -0.2) is 62.8 Å². The van der Waals surface area contributed by atoms with Crippen molar-refractivity contribution in [1.29, 1.82) is 0 Å². The topological polar surface area (TPSA) is 24.5 Å². The number of methoxy groups -OCH3 is 1. The van der Waals surface area contributed by atoms with Crippen molar-refractivity contribution >= 4 is 11.8 Å². The Morgan fingerprint density at radius 1 is 1.41 bits per heavy atom. The maximum Gasteiger partial charge on any atom is 0.0474 e. The predicted molar refractivity (Wildman–Crippen MR) is 79.0 cm³/mol. The van der Waals surface area contributed by atoms with Crippen molar-refractivity contribution in [2.24, 2.45) is 0 Å². The Bertz CT molecular complexity index is 169. The Labute approximate surface area is 112 Å². The fraction of sp³-hybridized carbons (Fsp3) is 1.00. The lowest BCUT2D eigenvalue weighted by molar-refractivity contribution is 0.181. The van der Waals surface area contributed by atoms with Gasteiger partial charge in [0.1, 0.15) is 0 Å². The zero-order valence-electron chi connectivity index (χ0n) is 12.2. The highest BCUT2D eigenvalue weighted by Crippen LogP contribution is 2.10. The highest BCUT2D eigenvalue weighted by atomic mass is 32.2. The lowest BCUT2D eigenvalue weighted by Crippen LogP contribution is -2.45. The van der Waals surface area contributed by atoms with Gasteiger partial charge in [-0.05, 0) is 39.6 Å². The first-order valence-corrected chi connectivity index (χ1v) is 7.97. The Morgan fingerprint density at radius 3 is 2.65 bits per heavy atom. The molecule has 0 saturated heterocycles. The molecule has 0 aliphatic rings. The molecule has 0 spiro atoms. The van der Waals surface area contributed by atoms with Crippen LogP contribution in [0, 0.1) is 0 Å². The first kappa shape index (κ1) is 17.2. The average molecular weight is 262 g/mol. The fourth-order valence-corrected chi connectivity index (χ4v) is 2.73. The molecule has 0 aromatic rings. The predicted octanol–water partition coefficient (Wildman–Crippen LogP) is 2.07. The largest absolute Gasteiger partial charge is 0.385 e. The third kappa shape index (κ3) is 8.03. The second-order valence-electron chi connectivity index (χ2n) is 4.58. The quantitative estimate of drug-likeness (QED) is 0.576.